The summed E-state index contributed by atoms with van der Waals surface area (Å²) in [6.45, 7) is 5.78. The molecule has 1 aliphatic carbocycles. The number of halogens is 1. The van der Waals surface area contributed by atoms with E-state index in [1.54, 1.807) is 6.07 Å². The monoisotopic (exact) mass is 291 g/mol. The Kier molecular flexibility index (Phi) is 4.43. The molecule has 1 saturated carbocycles. The highest BCUT2D eigenvalue weighted by molar-refractivity contribution is 5.47. The molecule has 2 heterocycles. The first-order valence-electron chi connectivity index (χ1n) is 8.32. The summed E-state index contributed by atoms with van der Waals surface area (Å²) in [6.07, 6.45) is 9.51. The highest BCUT2D eigenvalue weighted by Gasteiger charge is 2.37. The van der Waals surface area contributed by atoms with Crippen molar-refractivity contribution in [3.63, 3.8) is 0 Å². The maximum absolute atomic E-state index is 13.5. The zero-order valence-electron chi connectivity index (χ0n) is 13.0. The Labute approximate surface area is 126 Å². The van der Waals surface area contributed by atoms with Crippen molar-refractivity contribution >= 4 is 5.82 Å². The molecule has 1 N–H and O–H groups in total. The van der Waals surface area contributed by atoms with Crippen LogP contribution in [0.4, 0.5) is 10.2 Å². The molecule has 1 aromatic heterocycles. The lowest BCUT2D eigenvalue weighted by atomic mass is 9.77. The van der Waals surface area contributed by atoms with Crippen LogP contribution in [0.2, 0.25) is 0 Å². The van der Waals surface area contributed by atoms with Crippen LogP contribution in [0, 0.1) is 11.2 Å². The predicted molar refractivity (Wildman–Crippen MR) is 83.9 cm³/mol. The summed E-state index contributed by atoms with van der Waals surface area (Å²) in [5, 5.41) is 3.29. The van der Waals surface area contributed by atoms with E-state index in [1.807, 2.05) is 0 Å². The van der Waals surface area contributed by atoms with E-state index in [9.17, 15) is 4.39 Å². The number of hydrogen-bond acceptors (Lipinski definition) is 3. The fourth-order valence-corrected chi connectivity index (χ4v) is 3.97. The van der Waals surface area contributed by atoms with E-state index < -0.39 is 0 Å². The fraction of sp³-hybridized carbons (Fsp3) is 0.706. The zero-order valence-corrected chi connectivity index (χ0v) is 13.0. The second-order valence-electron chi connectivity index (χ2n) is 6.61. The topological polar surface area (TPSA) is 28.2 Å². The SMILES string of the molecule is CCNCc1cc(F)cnc1N1CCC2(CCCC2)CC1. The van der Waals surface area contributed by atoms with Gasteiger partial charge in [-0.15, -0.1) is 0 Å². The van der Waals surface area contributed by atoms with Crippen LogP contribution in [0.3, 0.4) is 0 Å². The molecule has 21 heavy (non-hydrogen) atoms. The minimum Gasteiger partial charge on any atom is -0.356 e. The van der Waals surface area contributed by atoms with Gasteiger partial charge in [-0.2, -0.15) is 0 Å². The third-order valence-electron chi connectivity index (χ3n) is 5.26. The van der Waals surface area contributed by atoms with Gasteiger partial charge in [0.15, 0.2) is 0 Å². The van der Waals surface area contributed by atoms with E-state index >= 15 is 0 Å². The molecule has 1 aliphatic heterocycles. The molecule has 1 spiro atoms. The van der Waals surface area contributed by atoms with E-state index in [0.717, 1.165) is 31.0 Å². The second kappa shape index (κ2) is 6.30. The molecule has 4 heteroatoms. The van der Waals surface area contributed by atoms with Crippen molar-refractivity contribution in [1.82, 2.24) is 10.3 Å². The van der Waals surface area contributed by atoms with Gasteiger partial charge in [0, 0.05) is 25.2 Å². The Hall–Kier alpha value is -1.16. The number of anilines is 1. The van der Waals surface area contributed by atoms with Crippen molar-refractivity contribution in [2.75, 3.05) is 24.5 Å². The Bertz CT molecular complexity index is 473. The molecule has 0 unspecified atom stereocenters. The first kappa shape index (κ1) is 14.8. The number of piperidine rings is 1. The molecule has 2 fully saturated rings. The van der Waals surface area contributed by atoms with Gasteiger partial charge < -0.3 is 10.2 Å². The summed E-state index contributed by atoms with van der Waals surface area (Å²) >= 11 is 0. The molecule has 3 nitrogen and oxygen atoms in total. The standard InChI is InChI=1S/C17H26FN3/c1-2-19-12-14-11-15(18)13-20-16(14)21-9-7-17(8-10-21)5-3-4-6-17/h11,13,19H,2-10,12H2,1H3. The highest BCUT2D eigenvalue weighted by Crippen LogP contribution is 2.46. The van der Waals surface area contributed by atoms with Gasteiger partial charge in [-0.1, -0.05) is 19.8 Å². The second-order valence-corrected chi connectivity index (χ2v) is 6.61. The molecule has 1 saturated heterocycles. The Morgan fingerprint density at radius 1 is 1.24 bits per heavy atom. The third-order valence-corrected chi connectivity index (χ3v) is 5.26. The van der Waals surface area contributed by atoms with Crippen molar-refractivity contribution in [1.29, 1.82) is 0 Å². The molecular weight excluding hydrogens is 265 g/mol. The number of nitrogens with zero attached hydrogens (tertiary/aromatic N) is 2. The van der Waals surface area contributed by atoms with Crippen LogP contribution >= 0.6 is 0 Å². The largest absolute Gasteiger partial charge is 0.356 e. The molecule has 2 aliphatic rings. The van der Waals surface area contributed by atoms with Crippen LogP contribution in [0.5, 0.6) is 0 Å². The van der Waals surface area contributed by atoms with Crippen molar-refractivity contribution in [2.45, 2.75) is 52.0 Å². The number of rotatable bonds is 4. The minimum absolute atomic E-state index is 0.240. The first-order chi connectivity index (χ1) is 10.2. The summed E-state index contributed by atoms with van der Waals surface area (Å²) in [7, 11) is 0. The normalized spacial score (nSPS) is 21.1. The molecule has 0 bridgehead atoms. The molecule has 0 amide bonds. The van der Waals surface area contributed by atoms with Gasteiger partial charge in [0.05, 0.1) is 6.20 Å². The van der Waals surface area contributed by atoms with Crippen molar-refractivity contribution in [2.24, 2.45) is 5.41 Å². The Morgan fingerprint density at radius 3 is 2.62 bits per heavy atom. The van der Waals surface area contributed by atoms with Gasteiger partial charge in [-0.3, -0.25) is 0 Å². The molecule has 116 valence electrons. The average Bonchev–Trinajstić information content (AvgIpc) is 2.95. The van der Waals surface area contributed by atoms with E-state index in [2.05, 4.69) is 22.1 Å². The van der Waals surface area contributed by atoms with Crippen LogP contribution in [0.15, 0.2) is 12.3 Å². The lowest BCUT2D eigenvalue weighted by Gasteiger charge is -2.40. The van der Waals surface area contributed by atoms with Gasteiger partial charge in [-0.05, 0) is 43.7 Å². The van der Waals surface area contributed by atoms with Crippen LogP contribution in [-0.2, 0) is 6.54 Å². The Morgan fingerprint density at radius 2 is 1.95 bits per heavy atom. The zero-order chi connectivity index (χ0) is 14.7. The van der Waals surface area contributed by atoms with Gasteiger partial charge >= 0.3 is 0 Å². The van der Waals surface area contributed by atoms with Gasteiger partial charge in [0.25, 0.3) is 0 Å². The van der Waals surface area contributed by atoms with Crippen LogP contribution in [0.1, 0.15) is 51.0 Å². The smallest absolute Gasteiger partial charge is 0.141 e. The minimum atomic E-state index is -0.240. The summed E-state index contributed by atoms with van der Waals surface area (Å²) in [6, 6.07) is 1.63. The number of nitrogens with one attached hydrogen (secondary N) is 1. The molecule has 0 atom stereocenters. The molecule has 0 radical (unpaired) electrons. The fourth-order valence-electron chi connectivity index (χ4n) is 3.97. The summed E-state index contributed by atoms with van der Waals surface area (Å²) in [5.74, 6) is 0.737. The molecule has 0 aromatic carbocycles. The number of aromatic nitrogens is 1. The van der Waals surface area contributed by atoms with Crippen molar-refractivity contribution in [3.05, 3.63) is 23.6 Å². The van der Waals surface area contributed by atoms with Gasteiger partial charge in [-0.25, -0.2) is 9.37 Å². The highest BCUT2D eigenvalue weighted by atomic mass is 19.1. The van der Waals surface area contributed by atoms with Crippen molar-refractivity contribution in [3.8, 4) is 0 Å². The lowest BCUT2D eigenvalue weighted by molar-refractivity contribution is 0.226. The first-order valence-corrected chi connectivity index (χ1v) is 8.32. The maximum atomic E-state index is 13.5. The van der Waals surface area contributed by atoms with E-state index in [-0.39, 0.29) is 5.82 Å². The Balaban J connectivity index is 1.72. The average molecular weight is 291 g/mol. The number of hydrogen-bond donors (Lipinski definition) is 1. The number of pyridine rings is 1. The lowest BCUT2D eigenvalue weighted by Crippen LogP contribution is -2.40. The van der Waals surface area contributed by atoms with Crippen LogP contribution in [-0.4, -0.2) is 24.6 Å². The summed E-state index contributed by atoms with van der Waals surface area (Å²) in [4.78, 5) is 6.74. The quantitative estimate of drug-likeness (QED) is 0.920. The predicted octanol–water partition coefficient (Wildman–Crippen LogP) is 3.49. The van der Waals surface area contributed by atoms with Crippen LogP contribution < -0.4 is 10.2 Å². The third kappa shape index (κ3) is 3.20. The maximum Gasteiger partial charge on any atom is 0.141 e. The summed E-state index contributed by atoms with van der Waals surface area (Å²) in [5.41, 5.74) is 1.59. The molecule has 3 rings (SSSR count). The van der Waals surface area contributed by atoms with Gasteiger partial charge in [0.2, 0.25) is 0 Å². The molecular formula is C17H26FN3. The van der Waals surface area contributed by atoms with E-state index in [1.165, 1.54) is 44.7 Å². The van der Waals surface area contributed by atoms with Crippen LogP contribution in [0.25, 0.3) is 0 Å². The van der Waals surface area contributed by atoms with Crippen molar-refractivity contribution < 1.29 is 4.39 Å². The van der Waals surface area contributed by atoms with E-state index in [0.29, 0.717) is 12.0 Å². The summed E-state index contributed by atoms with van der Waals surface area (Å²) < 4.78 is 13.5. The molecule has 1 aromatic rings. The van der Waals surface area contributed by atoms with E-state index in [4.69, 9.17) is 0 Å². The van der Waals surface area contributed by atoms with Gasteiger partial charge in [0.1, 0.15) is 11.6 Å².